The number of hydrogen-bond donors (Lipinski definition) is 1. The number of carbonyl (C=O) groups is 1. The minimum absolute atomic E-state index is 0.103. The van der Waals surface area contributed by atoms with Crippen molar-refractivity contribution in [2.45, 2.75) is 64.0 Å². The first-order chi connectivity index (χ1) is 10.7. The molecule has 1 saturated carbocycles. The lowest BCUT2D eigenvalue weighted by atomic mass is 9.97. The van der Waals surface area contributed by atoms with Crippen molar-refractivity contribution >= 4 is 5.91 Å². The van der Waals surface area contributed by atoms with Gasteiger partial charge in [-0.2, -0.15) is 0 Å². The number of carbonyl (C=O) groups excluding carboxylic acids is 1. The Kier molecular flexibility index (Phi) is 6.77. The van der Waals surface area contributed by atoms with Gasteiger partial charge >= 0.3 is 0 Å². The van der Waals surface area contributed by atoms with Crippen molar-refractivity contribution in [1.82, 2.24) is 20.2 Å². The maximum Gasteiger partial charge on any atom is 0.234 e. The van der Waals surface area contributed by atoms with Gasteiger partial charge in [0.15, 0.2) is 0 Å². The SMILES string of the molecule is C[C@H](c1ccncn1)N(C)CC(=O)NC1CCCCCCC1. The summed E-state index contributed by atoms with van der Waals surface area (Å²) in [4.78, 5) is 22.5. The first kappa shape index (κ1) is 16.9. The number of hydrogen-bond acceptors (Lipinski definition) is 4. The summed E-state index contributed by atoms with van der Waals surface area (Å²) >= 11 is 0. The summed E-state index contributed by atoms with van der Waals surface area (Å²) in [6.45, 7) is 2.47. The second-order valence-corrected chi connectivity index (χ2v) is 6.33. The number of aromatic nitrogens is 2. The number of nitrogens with zero attached hydrogens (tertiary/aromatic N) is 3. The Labute approximate surface area is 133 Å². The van der Waals surface area contributed by atoms with Crippen LogP contribution in [-0.4, -0.2) is 40.4 Å². The molecule has 0 aliphatic heterocycles. The fraction of sp³-hybridized carbons (Fsp3) is 0.706. The van der Waals surface area contributed by atoms with Crippen LogP contribution in [0.15, 0.2) is 18.6 Å². The molecule has 5 nitrogen and oxygen atoms in total. The molecule has 0 aromatic carbocycles. The van der Waals surface area contributed by atoms with Crippen molar-refractivity contribution in [1.29, 1.82) is 0 Å². The van der Waals surface area contributed by atoms with Crippen LogP contribution in [0, 0.1) is 0 Å². The van der Waals surface area contributed by atoms with Gasteiger partial charge in [-0.1, -0.05) is 32.1 Å². The van der Waals surface area contributed by atoms with E-state index in [9.17, 15) is 4.79 Å². The highest BCUT2D eigenvalue weighted by molar-refractivity contribution is 5.78. The van der Waals surface area contributed by atoms with E-state index in [4.69, 9.17) is 0 Å². The zero-order valence-corrected chi connectivity index (χ0v) is 13.8. The maximum absolute atomic E-state index is 12.3. The molecule has 1 amide bonds. The first-order valence-corrected chi connectivity index (χ1v) is 8.42. The summed E-state index contributed by atoms with van der Waals surface area (Å²) in [6, 6.07) is 2.36. The van der Waals surface area contributed by atoms with Crippen LogP contribution in [0.4, 0.5) is 0 Å². The van der Waals surface area contributed by atoms with Crippen LogP contribution in [0.1, 0.15) is 63.6 Å². The molecule has 0 radical (unpaired) electrons. The smallest absolute Gasteiger partial charge is 0.234 e. The molecule has 1 aromatic heterocycles. The normalized spacial score (nSPS) is 18.5. The summed E-state index contributed by atoms with van der Waals surface area (Å²) in [5, 5.41) is 3.21. The maximum atomic E-state index is 12.3. The van der Waals surface area contributed by atoms with Crippen LogP contribution >= 0.6 is 0 Å². The third kappa shape index (κ3) is 5.37. The molecule has 0 spiro atoms. The molecule has 1 atom stereocenters. The molecule has 0 bridgehead atoms. The van der Waals surface area contributed by atoms with E-state index in [1.54, 1.807) is 12.5 Å². The topological polar surface area (TPSA) is 58.1 Å². The van der Waals surface area contributed by atoms with Crippen LogP contribution in [0.2, 0.25) is 0 Å². The number of likely N-dealkylation sites (N-methyl/N-ethyl adjacent to an activating group) is 1. The quantitative estimate of drug-likeness (QED) is 0.908. The molecule has 22 heavy (non-hydrogen) atoms. The van der Waals surface area contributed by atoms with Crippen LogP contribution in [-0.2, 0) is 4.79 Å². The molecule has 0 saturated heterocycles. The number of nitrogens with one attached hydrogen (secondary N) is 1. The summed E-state index contributed by atoms with van der Waals surface area (Å²) in [5.41, 5.74) is 0.941. The summed E-state index contributed by atoms with van der Waals surface area (Å²) in [7, 11) is 1.96. The van der Waals surface area contributed by atoms with Gasteiger partial charge in [-0.3, -0.25) is 9.69 Å². The molecule has 1 aliphatic carbocycles. The molecule has 1 aliphatic rings. The van der Waals surface area contributed by atoms with E-state index < -0.39 is 0 Å². The fourth-order valence-electron chi connectivity index (χ4n) is 3.01. The zero-order valence-electron chi connectivity index (χ0n) is 13.8. The lowest BCUT2D eigenvalue weighted by Gasteiger charge is -2.26. The second-order valence-electron chi connectivity index (χ2n) is 6.33. The Morgan fingerprint density at radius 1 is 1.32 bits per heavy atom. The molecule has 2 rings (SSSR count). The fourth-order valence-corrected chi connectivity index (χ4v) is 3.01. The molecule has 5 heteroatoms. The lowest BCUT2D eigenvalue weighted by Crippen LogP contribution is -2.42. The highest BCUT2D eigenvalue weighted by Crippen LogP contribution is 2.18. The Bertz CT molecular complexity index is 443. The predicted molar refractivity (Wildman–Crippen MR) is 87.3 cm³/mol. The van der Waals surface area contributed by atoms with E-state index in [2.05, 4.69) is 22.2 Å². The molecule has 1 aromatic rings. The number of rotatable bonds is 5. The molecule has 0 unspecified atom stereocenters. The van der Waals surface area contributed by atoms with E-state index in [1.165, 1.54) is 32.1 Å². The van der Waals surface area contributed by atoms with Crippen LogP contribution in [0.3, 0.4) is 0 Å². The van der Waals surface area contributed by atoms with Gasteiger partial charge < -0.3 is 5.32 Å². The number of amides is 1. The van der Waals surface area contributed by atoms with Crippen LogP contribution in [0.25, 0.3) is 0 Å². The van der Waals surface area contributed by atoms with Crippen molar-refractivity contribution in [3.8, 4) is 0 Å². The third-order valence-electron chi connectivity index (χ3n) is 4.56. The van der Waals surface area contributed by atoms with Gasteiger partial charge in [-0.15, -0.1) is 0 Å². The van der Waals surface area contributed by atoms with Crippen LogP contribution in [0.5, 0.6) is 0 Å². The van der Waals surface area contributed by atoms with E-state index in [1.807, 2.05) is 18.0 Å². The predicted octanol–water partition coefficient (Wildman–Crippen LogP) is 2.70. The van der Waals surface area contributed by atoms with E-state index in [0.717, 1.165) is 18.5 Å². The Hall–Kier alpha value is -1.49. The van der Waals surface area contributed by atoms with Gasteiger partial charge in [-0.25, -0.2) is 9.97 Å². The standard InChI is InChI=1S/C17H28N4O/c1-14(16-10-11-18-13-19-16)21(2)12-17(22)20-15-8-6-4-3-5-7-9-15/h10-11,13-15H,3-9,12H2,1-2H3,(H,20,22)/t14-/m1/s1. The summed E-state index contributed by atoms with van der Waals surface area (Å²) in [6.07, 6.45) is 12.0. The zero-order chi connectivity index (χ0) is 15.8. The van der Waals surface area contributed by atoms with Gasteiger partial charge in [0.2, 0.25) is 5.91 Å². The summed E-state index contributed by atoms with van der Waals surface area (Å²) in [5.74, 6) is 0.119. The van der Waals surface area contributed by atoms with Crippen LogP contribution < -0.4 is 5.32 Å². The monoisotopic (exact) mass is 304 g/mol. The van der Waals surface area contributed by atoms with E-state index >= 15 is 0 Å². The highest BCUT2D eigenvalue weighted by Gasteiger charge is 2.18. The van der Waals surface area contributed by atoms with Gasteiger partial charge in [0.25, 0.3) is 0 Å². The Morgan fingerprint density at radius 3 is 2.64 bits per heavy atom. The Morgan fingerprint density at radius 2 is 2.00 bits per heavy atom. The van der Waals surface area contributed by atoms with E-state index in [0.29, 0.717) is 12.6 Å². The van der Waals surface area contributed by atoms with Gasteiger partial charge in [0, 0.05) is 18.3 Å². The molecule has 1 N–H and O–H groups in total. The average Bonchev–Trinajstić information content (AvgIpc) is 2.50. The highest BCUT2D eigenvalue weighted by atomic mass is 16.2. The van der Waals surface area contributed by atoms with Gasteiger partial charge in [-0.05, 0) is 32.9 Å². The van der Waals surface area contributed by atoms with Crippen molar-refractivity contribution in [3.05, 3.63) is 24.3 Å². The lowest BCUT2D eigenvalue weighted by molar-refractivity contribution is -0.123. The van der Waals surface area contributed by atoms with Gasteiger partial charge in [0.1, 0.15) is 6.33 Å². The molecular formula is C17H28N4O. The largest absolute Gasteiger partial charge is 0.352 e. The van der Waals surface area contributed by atoms with Gasteiger partial charge in [0.05, 0.1) is 12.2 Å². The minimum atomic E-state index is 0.103. The summed E-state index contributed by atoms with van der Waals surface area (Å²) < 4.78 is 0. The van der Waals surface area contributed by atoms with Crippen molar-refractivity contribution in [2.24, 2.45) is 0 Å². The molecule has 122 valence electrons. The molecule has 1 heterocycles. The van der Waals surface area contributed by atoms with Crippen molar-refractivity contribution in [2.75, 3.05) is 13.6 Å². The Balaban J connectivity index is 1.80. The third-order valence-corrected chi connectivity index (χ3v) is 4.56. The second kappa shape index (κ2) is 8.83. The molecule has 1 fully saturated rings. The van der Waals surface area contributed by atoms with E-state index in [-0.39, 0.29) is 11.9 Å². The molecular weight excluding hydrogens is 276 g/mol. The van der Waals surface area contributed by atoms with Crippen molar-refractivity contribution < 1.29 is 4.79 Å². The minimum Gasteiger partial charge on any atom is -0.352 e. The average molecular weight is 304 g/mol. The first-order valence-electron chi connectivity index (χ1n) is 8.42. The van der Waals surface area contributed by atoms with Crippen molar-refractivity contribution in [3.63, 3.8) is 0 Å².